The SMILES string of the molecule is COc1ccc(C(=O)NC[C@@H]2C3C[C@@H]3CN2C(=O)c2nc(C)sc2-c2cccc(C)c2)cc1F. The number of ether oxygens (including phenoxy) is 1. The molecule has 5 rings (SSSR count). The van der Waals surface area contributed by atoms with E-state index in [0.717, 1.165) is 33.5 Å². The van der Waals surface area contributed by atoms with Crippen molar-refractivity contribution in [3.05, 3.63) is 70.1 Å². The van der Waals surface area contributed by atoms with Gasteiger partial charge in [0.1, 0.15) is 5.69 Å². The molecular weight excluding hydrogens is 453 g/mol. The summed E-state index contributed by atoms with van der Waals surface area (Å²) in [7, 11) is 1.38. The van der Waals surface area contributed by atoms with E-state index in [1.165, 1.54) is 30.6 Å². The lowest BCUT2D eigenvalue weighted by molar-refractivity contribution is 0.0690. The fraction of sp³-hybridized carbons (Fsp3) is 0.346. The van der Waals surface area contributed by atoms with E-state index in [9.17, 15) is 14.0 Å². The maximum absolute atomic E-state index is 14.0. The zero-order chi connectivity index (χ0) is 24.0. The highest BCUT2D eigenvalue weighted by Crippen LogP contribution is 2.50. The molecule has 1 aromatic heterocycles. The number of benzene rings is 2. The van der Waals surface area contributed by atoms with E-state index in [1.807, 2.05) is 36.9 Å². The fourth-order valence-corrected chi connectivity index (χ4v) is 5.77. The van der Waals surface area contributed by atoms with Gasteiger partial charge in [-0.25, -0.2) is 9.37 Å². The van der Waals surface area contributed by atoms with Gasteiger partial charge in [-0.2, -0.15) is 0 Å². The standard InChI is InChI=1S/C26H26FN3O3S/c1-14-5-4-6-16(9-14)24-23(29-15(2)34-24)26(32)30-13-18-10-19(18)21(30)12-28-25(31)17-7-8-22(33-3)20(27)11-17/h4-9,11,18-19,21H,10,12-13H2,1-3H3,(H,28,31)/t18-,19?,21-/m1/s1. The number of carbonyl (C=O) groups is 2. The van der Waals surface area contributed by atoms with E-state index in [2.05, 4.69) is 16.4 Å². The number of nitrogens with one attached hydrogen (secondary N) is 1. The van der Waals surface area contributed by atoms with Gasteiger partial charge in [0.25, 0.3) is 11.8 Å². The molecule has 34 heavy (non-hydrogen) atoms. The lowest BCUT2D eigenvalue weighted by Gasteiger charge is -2.27. The highest BCUT2D eigenvalue weighted by atomic mass is 32.1. The summed E-state index contributed by atoms with van der Waals surface area (Å²) in [5.74, 6) is -0.123. The van der Waals surface area contributed by atoms with Crippen molar-refractivity contribution in [3.63, 3.8) is 0 Å². The number of halogens is 1. The summed E-state index contributed by atoms with van der Waals surface area (Å²) >= 11 is 1.52. The lowest BCUT2D eigenvalue weighted by Crippen LogP contribution is -2.45. The Hall–Kier alpha value is -3.26. The van der Waals surface area contributed by atoms with Crippen molar-refractivity contribution in [1.82, 2.24) is 15.2 Å². The van der Waals surface area contributed by atoms with Crippen molar-refractivity contribution in [2.75, 3.05) is 20.2 Å². The normalized spacial score (nSPS) is 20.7. The number of thiazole rings is 1. The Labute approximate surface area is 201 Å². The van der Waals surface area contributed by atoms with Crippen LogP contribution in [0, 0.1) is 31.5 Å². The molecule has 1 saturated carbocycles. The second-order valence-corrected chi connectivity index (χ2v) is 10.2. The first-order chi connectivity index (χ1) is 16.4. The molecule has 2 amide bonds. The topological polar surface area (TPSA) is 71.5 Å². The average Bonchev–Trinajstić information content (AvgIpc) is 3.33. The molecule has 1 aliphatic carbocycles. The molecule has 2 fully saturated rings. The van der Waals surface area contributed by atoms with Crippen LogP contribution in [0.25, 0.3) is 10.4 Å². The highest BCUT2D eigenvalue weighted by molar-refractivity contribution is 7.15. The number of amides is 2. The van der Waals surface area contributed by atoms with Crippen LogP contribution in [0.15, 0.2) is 42.5 Å². The number of piperidine rings is 1. The molecule has 1 unspecified atom stereocenters. The van der Waals surface area contributed by atoms with Gasteiger partial charge in [0.2, 0.25) is 0 Å². The molecule has 8 heteroatoms. The Balaban J connectivity index is 1.33. The molecule has 0 spiro atoms. The molecule has 1 N–H and O–H groups in total. The number of carbonyl (C=O) groups excluding carboxylic acids is 2. The second kappa shape index (κ2) is 8.83. The van der Waals surface area contributed by atoms with Crippen molar-refractivity contribution in [1.29, 1.82) is 0 Å². The minimum Gasteiger partial charge on any atom is -0.494 e. The van der Waals surface area contributed by atoms with E-state index in [1.54, 1.807) is 0 Å². The minimum absolute atomic E-state index is 0.0907. The summed E-state index contributed by atoms with van der Waals surface area (Å²) in [5.41, 5.74) is 2.81. The molecule has 1 saturated heterocycles. The second-order valence-electron chi connectivity index (χ2n) is 9.02. The Morgan fingerprint density at radius 2 is 2.06 bits per heavy atom. The first-order valence-corrected chi connectivity index (χ1v) is 12.1. The van der Waals surface area contributed by atoms with E-state index < -0.39 is 5.82 Å². The first-order valence-electron chi connectivity index (χ1n) is 11.3. The number of methoxy groups -OCH3 is 1. The molecule has 176 valence electrons. The van der Waals surface area contributed by atoms with Gasteiger partial charge in [-0.15, -0.1) is 11.3 Å². The van der Waals surface area contributed by atoms with E-state index in [4.69, 9.17) is 4.74 Å². The van der Waals surface area contributed by atoms with Crippen molar-refractivity contribution in [2.45, 2.75) is 26.3 Å². The summed E-state index contributed by atoms with van der Waals surface area (Å²) < 4.78 is 18.9. The zero-order valence-electron chi connectivity index (χ0n) is 19.3. The van der Waals surface area contributed by atoms with Gasteiger partial charge in [-0.1, -0.05) is 29.8 Å². The Kier molecular flexibility index (Phi) is 5.85. The van der Waals surface area contributed by atoms with E-state index in [0.29, 0.717) is 30.6 Å². The van der Waals surface area contributed by atoms with Crippen LogP contribution in [-0.4, -0.2) is 47.9 Å². The van der Waals surface area contributed by atoms with Gasteiger partial charge in [0, 0.05) is 18.7 Å². The van der Waals surface area contributed by atoms with Crippen molar-refractivity contribution in [3.8, 4) is 16.2 Å². The maximum Gasteiger partial charge on any atom is 0.274 e. The molecule has 6 nitrogen and oxygen atoms in total. The fourth-order valence-electron chi connectivity index (χ4n) is 4.86. The third kappa shape index (κ3) is 4.18. The predicted molar refractivity (Wildman–Crippen MR) is 129 cm³/mol. The number of likely N-dealkylation sites (tertiary alicyclic amines) is 1. The number of nitrogens with zero attached hydrogens (tertiary/aromatic N) is 2. The number of hydrogen-bond donors (Lipinski definition) is 1. The van der Waals surface area contributed by atoms with E-state index >= 15 is 0 Å². The molecule has 0 radical (unpaired) electrons. The summed E-state index contributed by atoms with van der Waals surface area (Å²) in [5, 5.41) is 3.74. The maximum atomic E-state index is 14.0. The number of aromatic nitrogens is 1. The third-order valence-electron chi connectivity index (χ3n) is 6.67. The van der Waals surface area contributed by atoms with Crippen LogP contribution >= 0.6 is 11.3 Å². The molecule has 1 aliphatic heterocycles. The summed E-state index contributed by atoms with van der Waals surface area (Å²) in [6.07, 6.45) is 1.06. The largest absolute Gasteiger partial charge is 0.494 e. The van der Waals surface area contributed by atoms with Crippen LogP contribution in [0.4, 0.5) is 4.39 Å². The van der Waals surface area contributed by atoms with Crippen LogP contribution in [-0.2, 0) is 0 Å². The quantitative estimate of drug-likeness (QED) is 0.567. The predicted octanol–water partition coefficient (Wildman–Crippen LogP) is 4.47. The lowest BCUT2D eigenvalue weighted by atomic mass is 10.1. The summed E-state index contributed by atoms with van der Waals surface area (Å²) in [4.78, 5) is 33.6. The third-order valence-corrected chi connectivity index (χ3v) is 7.69. The van der Waals surface area contributed by atoms with Crippen LogP contribution < -0.4 is 10.1 Å². The highest BCUT2D eigenvalue weighted by Gasteiger charge is 2.54. The van der Waals surface area contributed by atoms with Crippen molar-refractivity contribution < 1.29 is 18.7 Å². The van der Waals surface area contributed by atoms with Crippen LogP contribution in [0.3, 0.4) is 0 Å². The van der Waals surface area contributed by atoms with Gasteiger partial charge < -0.3 is 15.0 Å². The van der Waals surface area contributed by atoms with Crippen LogP contribution in [0.5, 0.6) is 5.75 Å². The minimum atomic E-state index is -0.586. The Morgan fingerprint density at radius 3 is 2.79 bits per heavy atom. The molecule has 2 aliphatic rings. The number of aryl methyl sites for hydroxylation is 2. The number of hydrogen-bond acceptors (Lipinski definition) is 5. The Morgan fingerprint density at radius 1 is 1.24 bits per heavy atom. The molecule has 0 bridgehead atoms. The Bertz CT molecular complexity index is 1270. The van der Waals surface area contributed by atoms with Crippen LogP contribution in [0.1, 0.15) is 37.8 Å². The average molecular weight is 480 g/mol. The number of fused-ring (bicyclic) bond motifs is 1. The number of rotatable bonds is 6. The summed E-state index contributed by atoms with van der Waals surface area (Å²) in [6, 6.07) is 12.1. The summed E-state index contributed by atoms with van der Waals surface area (Å²) in [6.45, 7) is 4.93. The molecular formula is C26H26FN3O3S. The van der Waals surface area contributed by atoms with Gasteiger partial charge in [0.05, 0.1) is 23.0 Å². The first kappa shape index (κ1) is 22.5. The van der Waals surface area contributed by atoms with Gasteiger partial charge in [0.15, 0.2) is 11.6 Å². The van der Waals surface area contributed by atoms with Gasteiger partial charge >= 0.3 is 0 Å². The van der Waals surface area contributed by atoms with Crippen molar-refractivity contribution in [2.24, 2.45) is 11.8 Å². The van der Waals surface area contributed by atoms with Crippen molar-refractivity contribution >= 4 is 23.2 Å². The smallest absolute Gasteiger partial charge is 0.274 e. The molecule has 2 heterocycles. The monoisotopic (exact) mass is 479 g/mol. The van der Waals surface area contributed by atoms with Gasteiger partial charge in [-0.3, -0.25) is 9.59 Å². The van der Waals surface area contributed by atoms with Gasteiger partial charge in [-0.05, 0) is 55.9 Å². The molecule has 3 atom stereocenters. The van der Waals surface area contributed by atoms with E-state index in [-0.39, 0.29) is 29.2 Å². The zero-order valence-corrected chi connectivity index (χ0v) is 20.1. The molecule has 3 aromatic rings. The molecule has 2 aromatic carbocycles. The van der Waals surface area contributed by atoms with Crippen LogP contribution in [0.2, 0.25) is 0 Å².